The number of nitrogens with one attached hydrogen (secondary N) is 1. The maximum atomic E-state index is 7.64. The average molecular weight is 246 g/mol. The van der Waals surface area contributed by atoms with Crippen LogP contribution in [-0.4, -0.2) is 23.4 Å². The van der Waals surface area contributed by atoms with E-state index in [2.05, 4.69) is 23.7 Å². The lowest BCUT2D eigenvalue weighted by Gasteiger charge is -2.40. The molecule has 1 fully saturated rings. The van der Waals surface area contributed by atoms with Crippen LogP contribution in [0.1, 0.15) is 38.8 Å². The Labute approximate surface area is 109 Å². The van der Waals surface area contributed by atoms with Crippen molar-refractivity contribution in [1.29, 1.82) is 5.41 Å². The maximum Gasteiger partial charge on any atom is 0.143 e. The number of nitrogens with zero attached hydrogens (tertiary/aromatic N) is 2. The smallest absolute Gasteiger partial charge is 0.143 e. The first kappa shape index (κ1) is 12.9. The Morgan fingerprint density at radius 3 is 3.00 bits per heavy atom. The highest BCUT2D eigenvalue weighted by atomic mass is 15.2. The average Bonchev–Trinajstić information content (AvgIpc) is 2.39. The number of aromatic nitrogens is 1. The number of pyridine rings is 1. The van der Waals surface area contributed by atoms with E-state index in [1.54, 1.807) is 6.20 Å². The molecule has 2 rings (SSSR count). The van der Waals surface area contributed by atoms with Gasteiger partial charge < -0.3 is 10.6 Å². The molecule has 1 aliphatic heterocycles. The topological polar surface area (TPSA) is 66.0 Å². The van der Waals surface area contributed by atoms with Crippen molar-refractivity contribution in [3.63, 3.8) is 0 Å². The predicted molar refractivity (Wildman–Crippen MR) is 75.1 cm³/mol. The van der Waals surface area contributed by atoms with Gasteiger partial charge in [-0.25, -0.2) is 0 Å². The number of anilines is 1. The van der Waals surface area contributed by atoms with Crippen LogP contribution in [0, 0.1) is 11.3 Å². The molecule has 1 aliphatic rings. The molecular weight excluding hydrogens is 224 g/mol. The lowest BCUT2D eigenvalue weighted by molar-refractivity contribution is 0.359. The largest absolute Gasteiger partial charge is 0.382 e. The van der Waals surface area contributed by atoms with Crippen LogP contribution in [0.25, 0.3) is 0 Å². The molecule has 1 saturated heterocycles. The number of hydrogen-bond donors (Lipinski definition) is 2. The van der Waals surface area contributed by atoms with E-state index in [0.717, 1.165) is 18.2 Å². The Hall–Kier alpha value is -1.58. The highest BCUT2D eigenvalue weighted by Crippen LogP contribution is 2.30. The fourth-order valence-corrected chi connectivity index (χ4v) is 2.69. The zero-order chi connectivity index (χ0) is 13.1. The van der Waals surface area contributed by atoms with Crippen molar-refractivity contribution in [2.45, 2.75) is 39.2 Å². The molecule has 18 heavy (non-hydrogen) atoms. The third-order valence-electron chi connectivity index (χ3n) is 3.91. The van der Waals surface area contributed by atoms with Gasteiger partial charge in [0.1, 0.15) is 11.5 Å². The number of amidine groups is 1. The first-order valence-corrected chi connectivity index (χ1v) is 6.69. The first-order valence-electron chi connectivity index (χ1n) is 6.69. The first-order chi connectivity index (χ1) is 8.63. The molecule has 0 bridgehead atoms. The number of rotatable bonds is 3. The standard InChI is InChI=1S/C14H22N4/c1-3-11-7-6-10(2)18(9-11)12-5-4-8-17-13(12)14(15)16/h4-5,8,10-11H,3,6-7,9H2,1-2H3,(H3,15,16). The molecule has 0 amide bonds. The Morgan fingerprint density at radius 1 is 1.56 bits per heavy atom. The quantitative estimate of drug-likeness (QED) is 0.635. The molecule has 1 aromatic rings. The predicted octanol–water partition coefficient (Wildman–Crippen LogP) is 2.38. The van der Waals surface area contributed by atoms with Crippen LogP contribution in [0.4, 0.5) is 5.69 Å². The van der Waals surface area contributed by atoms with Gasteiger partial charge in [-0.3, -0.25) is 10.4 Å². The molecule has 0 saturated carbocycles. The van der Waals surface area contributed by atoms with Gasteiger partial charge in [0.05, 0.1) is 5.69 Å². The van der Waals surface area contributed by atoms with Crippen LogP contribution in [0.3, 0.4) is 0 Å². The summed E-state index contributed by atoms with van der Waals surface area (Å²) in [4.78, 5) is 6.61. The van der Waals surface area contributed by atoms with Gasteiger partial charge in [0.25, 0.3) is 0 Å². The van der Waals surface area contributed by atoms with E-state index < -0.39 is 0 Å². The van der Waals surface area contributed by atoms with E-state index in [4.69, 9.17) is 11.1 Å². The molecule has 2 unspecified atom stereocenters. The van der Waals surface area contributed by atoms with Crippen molar-refractivity contribution in [2.75, 3.05) is 11.4 Å². The van der Waals surface area contributed by atoms with Crippen molar-refractivity contribution in [3.05, 3.63) is 24.0 Å². The van der Waals surface area contributed by atoms with E-state index >= 15 is 0 Å². The summed E-state index contributed by atoms with van der Waals surface area (Å²) >= 11 is 0. The lowest BCUT2D eigenvalue weighted by atomic mass is 9.91. The Morgan fingerprint density at radius 2 is 2.33 bits per heavy atom. The van der Waals surface area contributed by atoms with Crippen molar-refractivity contribution in [3.8, 4) is 0 Å². The van der Waals surface area contributed by atoms with Crippen LogP contribution >= 0.6 is 0 Å². The fourth-order valence-electron chi connectivity index (χ4n) is 2.69. The summed E-state index contributed by atoms with van der Waals surface area (Å²) in [5.74, 6) is 0.789. The zero-order valence-corrected chi connectivity index (χ0v) is 11.2. The summed E-state index contributed by atoms with van der Waals surface area (Å²) in [6, 6.07) is 4.44. The van der Waals surface area contributed by atoms with Gasteiger partial charge in [-0.2, -0.15) is 0 Å². The molecule has 3 N–H and O–H groups in total. The third kappa shape index (κ3) is 2.47. The van der Waals surface area contributed by atoms with E-state index in [1.807, 2.05) is 12.1 Å². The Balaban J connectivity index is 2.31. The summed E-state index contributed by atoms with van der Waals surface area (Å²) in [5, 5.41) is 7.64. The van der Waals surface area contributed by atoms with Crippen molar-refractivity contribution >= 4 is 11.5 Å². The minimum absolute atomic E-state index is 0.0522. The van der Waals surface area contributed by atoms with Gasteiger partial charge in [0.2, 0.25) is 0 Å². The summed E-state index contributed by atoms with van der Waals surface area (Å²) in [6.07, 6.45) is 5.40. The molecule has 2 atom stereocenters. The molecule has 0 aromatic carbocycles. The van der Waals surface area contributed by atoms with E-state index in [0.29, 0.717) is 11.7 Å². The van der Waals surface area contributed by atoms with Gasteiger partial charge in [-0.15, -0.1) is 0 Å². The van der Waals surface area contributed by atoms with Gasteiger partial charge >= 0.3 is 0 Å². The lowest BCUT2D eigenvalue weighted by Crippen LogP contribution is -2.42. The molecule has 4 nitrogen and oxygen atoms in total. The van der Waals surface area contributed by atoms with Gasteiger partial charge in [0, 0.05) is 18.8 Å². The van der Waals surface area contributed by atoms with Crippen LogP contribution in [-0.2, 0) is 0 Å². The summed E-state index contributed by atoms with van der Waals surface area (Å²) in [6.45, 7) is 5.53. The maximum absolute atomic E-state index is 7.64. The van der Waals surface area contributed by atoms with E-state index in [1.165, 1.54) is 19.3 Å². The second-order valence-corrected chi connectivity index (χ2v) is 5.14. The molecule has 2 heterocycles. The number of piperidine rings is 1. The SMILES string of the molecule is CCC1CCC(C)N(c2cccnc2C(=N)N)C1. The molecule has 0 spiro atoms. The van der Waals surface area contributed by atoms with Crippen molar-refractivity contribution in [1.82, 2.24) is 4.98 Å². The van der Waals surface area contributed by atoms with Crippen LogP contribution in [0.15, 0.2) is 18.3 Å². The Bertz CT molecular complexity index is 430. The molecule has 98 valence electrons. The van der Waals surface area contributed by atoms with Crippen LogP contribution in [0.5, 0.6) is 0 Å². The fraction of sp³-hybridized carbons (Fsp3) is 0.571. The number of nitrogen functional groups attached to an aromatic ring is 1. The van der Waals surface area contributed by atoms with E-state index in [-0.39, 0.29) is 5.84 Å². The van der Waals surface area contributed by atoms with Gasteiger partial charge in [0.15, 0.2) is 0 Å². The normalized spacial score (nSPS) is 24.0. The van der Waals surface area contributed by atoms with E-state index in [9.17, 15) is 0 Å². The second kappa shape index (κ2) is 5.38. The highest BCUT2D eigenvalue weighted by Gasteiger charge is 2.26. The molecular formula is C14H22N4. The third-order valence-corrected chi connectivity index (χ3v) is 3.91. The van der Waals surface area contributed by atoms with Gasteiger partial charge in [-0.05, 0) is 37.8 Å². The van der Waals surface area contributed by atoms with Gasteiger partial charge in [-0.1, -0.05) is 13.3 Å². The van der Waals surface area contributed by atoms with Crippen LogP contribution < -0.4 is 10.6 Å². The zero-order valence-electron chi connectivity index (χ0n) is 11.2. The summed E-state index contributed by atoms with van der Waals surface area (Å²) < 4.78 is 0. The molecule has 1 aromatic heterocycles. The summed E-state index contributed by atoms with van der Waals surface area (Å²) in [7, 11) is 0. The number of nitrogens with two attached hydrogens (primary N) is 1. The second-order valence-electron chi connectivity index (χ2n) is 5.14. The number of hydrogen-bond acceptors (Lipinski definition) is 3. The minimum atomic E-state index is 0.0522. The monoisotopic (exact) mass is 246 g/mol. The highest BCUT2D eigenvalue weighted by molar-refractivity contribution is 5.98. The minimum Gasteiger partial charge on any atom is -0.382 e. The summed E-state index contributed by atoms with van der Waals surface area (Å²) in [5.41, 5.74) is 7.25. The molecule has 0 radical (unpaired) electrons. The molecule has 0 aliphatic carbocycles. The van der Waals surface area contributed by atoms with Crippen molar-refractivity contribution < 1.29 is 0 Å². The molecule has 4 heteroatoms. The van der Waals surface area contributed by atoms with Crippen LogP contribution in [0.2, 0.25) is 0 Å². The Kier molecular flexibility index (Phi) is 3.84. The van der Waals surface area contributed by atoms with Crippen molar-refractivity contribution in [2.24, 2.45) is 11.7 Å².